The molecule has 0 aromatic heterocycles. The monoisotopic (exact) mass is 418 g/mol. The average molecular weight is 419 g/mol. The summed E-state index contributed by atoms with van der Waals surface area (Å²) in [6.07, 6.45) is 0.972. The van der Waals surface area contributed by atoms with Crippen LogP contribution in [0.15, 0.2) is 29.2 Å². The first-order valence-corrected chi connectivity index (χ1v) is 9.98. The average Bonchev–Trinajstić information content (AvgIpc) is 2.57. The molecule has 2 amide bonds. The fraction of sp³-hybridized carbons (Fsp3) is 0.529. The third kappa shape index (κ3) is 6.46. The van der Waals surface area contributed by atoms with E-state index in [2.05, 4.69) is 22.9 Å². The molecular formula is C17H27ClN4O4S. The summed E-state index contributed by atoms with van der Waals surface area (Å²) in [6, 6.07) is 5.84. The molecule has 8 nitrogen and oxygen atoms in total. The summed E-state index contributed by atoms with van der Waals surface area (Å²) in [5.41, 5.74) is 0.510. The van der Waals surface area contributed by atoms with Crippen molar-refractivity contribution in [1.82, 2.24) is 14.9 Å². The molecule has 3 N–H and O–H groups in total. The van der Waals surface area contributed by atoms with E-state index in [0.29, 0.717) is 18.2 Å². The quantitative estimate of drug-likeness (QED) is 0.633. The van der Waals surface area contributed by atoms with Crippen LogP contribution in [0.2, 0.25) is 0 Å². The fourth-order valence-electron chi connectivity index (χ4n) is 2.82. The predicted molar refractivity (Wildman–Crippen MR) is 106 cm³/mol. The van der Waals surface area contributed by atoms with Crippen LogP contribution in [-0.4, -0.2) is 57.3 Å². The number of sulfonamides is 1. The number of likely N-dealkylation sites (N-methyl/N-ethyl adjacent to an activating group) is 1. The van der Waals surface area contributed by atoms with Crippen LogP contribution >= 0.6 is 12.4 Å². The first kappa shape index (κ1) is 23.4. The van der Waals surface area contributed by atoms with Crippen LogP contribution in [0.1, 0.15) is 20.3 Å². The van der Waals surface area contributed by atoms with Gasteiger partial charge in [0.05, 0.1) is 11.4 Å². The fourth-order valence-corrected chi connectivity index (χ4v) is 3.94. The Hall–Kier alpha value is -1.68. The van der Waals surface area contributed by atoms with Crippen molar-refractivity contribution in [3.8, 4) is 0 Å². The summed E-state index contributed by atoms with van der Waals surface area (Å²) in [5, 5.41) is 8.70. The molecule has 2 rings (SSSR count). The largest absolute Gasteiger partial charge is 0.351 e. The van der Waals surface area contributed by atoms with Crippen molar-refractivity contribution in [3.63, 3.8) is 0 Å². The number of halogens is 1. The Morgan fingerprint density at radius 2 is 1.89 bits per heavy atom. The van der Waals surface area contributed by atoms with Crippen LogP contribution in [-0.2, 0) is 19.6 Å². The van der Waals surface area contributed by atoms with E-state index in [4.69, 9.17) is 0 Å². The highest BCUT2D eigenvalue weighted by atomic mass is 35.5. The Labute approximate surface area is 166 Å². The molecule has 1 saturated heterocycles. The van der Waals surface area contributed by atoms with Crippen LogP contribution < -0.4 is 16.0 Å². The van der Waals surface area contributed by atoms with Gasteiger partial charge in [-0.15, -0.1) is 12.4 Å². The maximum absolute atomic E-state index is 12.6. The third-order valence-corrected chi connectivity index (χ3v) is 6.24. The van der Waals surface area contributed by atoms with Gasteiger partial charge in [0.1, 0.15) is 0 Å². The molecule has 0 saturated carbocycles. The molecule has 1 fully saturated rings. The lowest BCUT2D eigenvalue weighted by Crippen LogP contribution is -2.52. The Kier molecular flexibility index (Phi) is 8.67. The van der Waals surface area contributed by atoms with Gasteiger partial charge >= 0.3 is 0 Å². The number of nitrogens with one attached hydrogen (secondary N) is 3. The second-order valence-corrected chi connectivity index (χ2v) is 8.66. The zero-order valence-corrected chi connectivity index (χ0v) is 17.3. The number of carbonyl (C=O) groups excluding carboxylic acids is 2. The minimum absolute atomic E-state index is 0. The first-order chi connectivity index (χ1) is 12.2. The van der Waals surface area contributed by atoms with Gasteiger partial charge in [0.15, 0.2) is 0 Å². The molecule has 2 unspecified atom stereocenters. The standard InChI is InChI=1S/C17H26N4O4S.ClH/c1-12-8-9-18-10-16(12)20-17(23)11-21(3)26(24,25)15-6-4-14(5-7-15)19-13(2)22;/h4-7,12,16,18H,8-11H2,1-3H3,(H,19,22)(H,20,23);1H. The Balaban J connectivity index is 0.00000364. The Morgan fingerprint density at radius 1 is 1.26 bits per heavy atom. The van der Waals surface area contributed by atoms with Crippen molar-refractivity contribution >= 4 is 39.9 Å². The number of piperidine rings is 1. The predicted octanol–water partition coefficient (Wildman–Crippen LogP) is 0.802. The van der Waals surface area contributed by atoms with E-state index < -0.39 is 10.0 Å². The van der Waals surface area contributed by atoms with Gasteiger partial charge in [-0.2, -0.15) is 4.31 Å². The molecule has 0 bridgehead atoms. The summed E-state index contributed by atoms with van der Waals surface area (Å²) in [4.78, 5) is 23.3. The van der Waals surface area contributed by atoms with Gasteiger partial charge in [-0.1, -0.05) is 6.92 Å². The van der Waals surface area contributed by atoms with Crippen molar-refractivity contribution in [2.45, 2.75) is 31.2 Å². The maximum atomic E-state index is 12.6. The highest BCUT2D eigenvalue weighted by molar-refractivity contribution is 7.89. The highest BCUT2D eigenvalue weighted by Crippen LogP contribution is 2.17. The molecule has 1 aliphatic heterocycles. The number of hydrogen-bond donors (Lipinski definition) is 3. The van der Waals surface area contributed by atoms with E-state index in [1.54, 1.807) is 0 Å². The lowest BCUT2D eigenvalue weighted by molar-refractivity contribution is -0.122. The van der Waals surface area contributed by atoms with Gasteiger partial charge in [0, 0.05) is 32.2 Å². The summed E-state index contributed by atoms with van der Waals surface area (Å²) >= 11 is 0. The van der Waals surface area contributed by atoms with Crippen molar-refractivity contribution in [2.75, 3.05) is 32.0 Å². The van der Waals surface area contributed by atoms with Gasteiger partial charge in [-0.3, -0.25) is 9.59 Å². The van der Waals surface area contributed by atoms with Crippen LogP contribution in [0, 0.1) is 5.92 Å². The number of rotatable bonds is 6. The molecule has 1 heterocycles. The smallest absolute Gasteiger partial charge is 0.243 e. The summed E-state index contributed by atoms with van der Waals surface area (Å²) in [6.45, 7) is 4.81. The number of benzene rings is 1. The number of anilines is 1. The Bertz CT molecular complexity index is 755. The van der Waals surface area contributed by atoms with Crippen molar-refractivity contribution in [3.05, 3.63) is 24.3 Å². The van der Waals surface area contributed by atoms with Crippen LogP contribution in [0.4, 0.5) is 5.69 Å². The molecular weight excluding hydrogens is 392 g/mol. The topological polar surface area (TPSA) is 108 Å². The van der Waals surface area contributed by atoms with Gasteiger partial charge in [0.2, 0.25) is 21.8 Å². The van der Waals surface area contributed by atoms with Crippen molar-refractivity contribution in [1.29, 1.82) is 0 Å². The molecule has 27 heavy (non-hydrogen) atoms. The SMILES string of the molecule is CC(=O)Nc1ccc(S(=O)(=O)N(C)CC(=O)NC2CNCCC2C)cc1.Cl. The van der Waals surface area contributed by atoms with Gasteiger partial charge in [0.25, 0.3) is 0 Å². The molecule has 0 radical (unpaired) electrons. The minimum Gasteiger partial charge on any atom is -0.351 e. The zero-order chi connectivity index (χ0) is 19.3. The molecule has 1 aliphatic rings. The zero-order valence-electron chi connectivity index (χ0n) is 15.7. The van der Waals surface area contributed by atoms with Crippen molar-refractivity contribution < 1.29 is 18.0 Å². The van der Waals surface area contributed by atoms with Gasteiger partial charge in [-0.05, 0) is 43.1 Å². The second-order valence-electron chi connectivity index (χ2n) is 6.61. The summed E-state index contributed by atoms with van der Waals surface area (Å²) in [5.74, 6) is -0.212. The number of carbonyl (C=O) groups is 2. The van der Waals surface area contributed by atoms with E-state index in [1.807, 2.05) is 0 Å². The number of hydrogen-bond acceptors (Lipinski definition) is 5. The Morgan fingerprint density at radius 3 is 2.44 bits per heavy atom. The molecule has 1 aromatic rings. The van der Waals surface area contributed by atoms with E-state index in [0.717, 1.165) is 17.3 Å². The molecule has 1 aromatic carbocycles. The van der Waals surface area contributed by atoms with Crippen LogP contribution in [0.5, 0.6) is 0 Å². The van der Waals surface area contributed by atoms with E-state index in [9.17, 15) is 18.0 Å². The summed E-state index contributed by atoms with van der Waals surface area (Å²) in [7, 11) is -2.42. The first-order valence-electron chi connectivity index (χ1n) is 8.54. The molecule has 152 valence electrons. The lowest BCUT2D eigenvalue weighted by atomic mass is 9.95. The lowest BCUT2D eigenvalue weighted by Gasteiger charge is -2.30. The molecule has 0 aliphatic carbocycles. The van der Waals surface area contributed by atoms with E-state index in [1.165, 1.54) is 38.2 Å². The molecule has 0 spiro atoms. The molecule has 2 atom stereocenters. The third-order valence-electron chi connectivity index (χ3n) is 4.42. The highest BCUT2D eigenvalue weighted by Gasteiger charge is 2.26. The normalized spacial score (nSPS) is 19.9. The van der Waals surface area contributed by atoms with Crippen LogP contribution in [0.3, 0.4) is 0 Å². The van der Waals surface area contributed by atoms with Gasteiger partial charge < -0.3 is 16.0 Å². The minimum atomic E-state index is -3.79. The van der Waals surface area contributed by atoms with Crippen LogP contribution in [0.25, 0.3) is 0 Å². The number of nitrogens with zero attached hydrogens (tertiary/aromatic N) is 1. The van der Waals surface area contributed by atoms with Crippen molar-refractivity contribution in [2.24, 2.45) is 5.92 Å². The maximum Gasteiger partial charge on any atom is 0.243 e. The molecule has 10 heteroatoms. The second kappa shape index (κ2) is 10.0. The van der Waals surface area contributed by atoms with Gasteiger partial charge in [-0.25, -0.2) is 8.42 Å². The van der Waals surface area contributed by atoms with E-state index in [-0.39, 0.29) is 41.7 Å². The number of amides is 2. The van der Waals surface area contributed by atoms with E-state index >= 15 is 0 Å². The summed E-state index contributed by atoms with van der Waals surface area (Å²) < 4.78 is 26.2.